The highest BCUT2D eigenvalue weighted by Crippen LogP contribution is 2.28. The molecule has 1 aliphatic rings. The van der Waals surface area contributed by atoms with E-state index in [4.69, 9.17) is 0 Å². The van der Waals surface area contributed by atoms with Crippen molar-refractivity contribution in [1.29, 1.82) is 0 Å². The minimum Gasteiger partial charge on any atom is -0.352 e. The zero-order chi connectivity index (χ0) is 18.4. The van der Waals surface area contributed by atoms with Crippen molar-refractivity contribution in [1.82, 2.24) is 5.32 Å². The van der Waals surface area contributed by atoms with Gasteiger partial charge in [-0.1, -0.05) is 38.0 Å². The highest BCUT2D eigenvalue weighted by molar-refractivity contribution is 6.07. The molecule has 3 rings (SSSR count). The molecule has 0 bridgehead atoms. The lowest BCUT2D eigenvalue weighted by Crippen LogP contribution is -2.35. The molecule has 0 fully saturated rings. The Bertz CT molecular complexity index is 768. The summed E-state index contributed by atoms with van der Waals surface area (Å²) in [5, 5.41) is 2.92. The molecule has 1 heterocycles. The van der Waals surface area contributed by atoms with Crippen LogP contribution >= 0.6 is 0 Å². The molecule has 1 aliphatic heterocycles. The van der Waals surface area contributed by atoms with Crippen molar-refractivity contribution in [2.24, 2.45) is 0 Å². The second-order valence-electron chi connectivity index (χ2n) is 6.73. The molecule has 0 saturated heterocycles. The van der Waals surface area contributed by atoms with E-state index in [1.807, 2.05) is 23.1 Å². The van der Waals surface area contributed by atoms with Crippen molar-refractivity contribution < 1.29 is 9.59 Å². The highest BCUT2D eigenvalue weighted by Gasteiger charge is 2.23. The number of anilines is 1. The normalized spacial score (nSPS) is 13.2. The fourth-order valence-electron chi connectivity index (χ4n) is 3.34. The number of nitrogens with one attached hydrogen (secondary N) is 1. The van der Waals surface area contributed by atoms with Gasteiger partial charge in [0.25, 0.3) is 11.8 Å². The third-order valence-electron chi connectivity index (χ3n) is 4.82. The molecule has 26 heavy (non-hydrogen) atoms. The summed E-state index contributed by atoms with van der Waals surface area (Å²) in [5.41, 5.74) is 3.43. The first-order valence-corrected chi connectivity index (χ1v) is 9.48. The number of hydrogen-bond acceptors (Lipinski definition) is 2. The van der Waals surface area contributed by atoms with Crippen molar-refractivity contribution in [2.75, 3.05) is 18.0 Å². The molecule has 4 heteroatoms. The molecule has 0 aromatic heterocycles. The maximum atomic E-state index is 12.9. The molecule has 0 spiro atoms. The number of unbranched alkanes of at least 4 members (excludes halogenated alkanes) is 2. The van der Waals surface area contributed by atoms with Crippen LogP contribution in [0.2, 0.25) is 0 Å². The molecule has 2 amide bonds. The van der Waals surface area contributed by atoms with Crippen LogP contribution in [-0.2, 0) is 6.42 Å². The Morgan fingerprint density at radius 1 is 1.00 bits per heavy atom. The number of nitrogens with zero attached hydrogens (tertiary/aromatic N) is 1. The number of aryl methyl sites for hydroxylation is 1. The number of carbonyl (C=O) groups excluding carboxylic acids is 2. The molecular weight excluding hydrogens is 324 g/mol. The predicted molar refractivity (Wildman–Crippen MR) is 105 cm³/mol. The summed E-state index contributed by atoms with van der Waals surface area (Å²) in [7, 11) is 0. The van der Waals surface area contributed by atoms with Crippen LogP contribution in [0.4, 0.5) is 5.69 Å². The van der Waals surface area contributed by atoms with Gasteiger partial charge in [0, 0.05) is 29.9 Å². The molecule has 0 aliphatic carbocycles. The lowest BCUT2D eigenvalue weighted by atomic mass is 10.0. The van der Waals surface area contributed by atoms with Gasteiger partial charge in [-0.25, -0.2) is 0 Å². The van der Waals surface area contributed by atoms with E-state index >= 15 is 0 Å². The molecule has 1 N–H and O–H groups in total. The first kappa shape index (κ1) is 18.2. The van der Waals surface area contributed by atoms with Crippen molar-refractivity contribution in [3.63, 3.8) is 0 Å². The Balaban J connectivity index is 1.67. The zero-order valence-electron chi connectivity index (χ0n) is 15.3. The SMILES string of the molecule is CCCCCNC(=O)c1ccc(C(=O)N2CCCc3ccccc32)cc1. The minimum absolute atomic E-state index is 0.00736. The average Bonchev–Trinajstić information content (AvgIpc) is 2.70. The van der Waals surface area contributed by atoms with Crippen LogP contribution in [0, 0.1) is 0 Å². The van der Waals surface area contributed by atoms with Crippen LogP contribution in [-0.4, -0.2) is 24.9 Å². The van der Waals surface area contributed by atoms with Crippen molar-refractivity contribution in [2.45, 2.75) is 39.0 Å². The second-order valence-corrected chi connectivity index (χ2v) is 6.73. The van der Waals surface area contributed by atoms with Gasteiger partial charge in [0.1, 0.15) is 0 Å². The summed E-state index contributed by atoms with van der Waals surface area (Å²) in [4.78, 5) is 26.9. The second kappa shape index (κ2) is 8.65. The van der Waals surface area contributed by atoms with Crippen molar-refractivity contribution in [3.05, 3.63) is 65.2 Å². The van der Waals surface area contributed by atoms with Crippen LogP contribution in [0.3, 0.4) is 0 Å². The average molecular weight is 350 g/mol. The smallest absolute Gasteiger partial charge is 0.258 e. The molecule has 4 nitrogen and oxygen atoms in total. The monoisotopic (exact) mass is 350 g/mol. The van der Waals surface area contributed by atoms with Crippen molar-refractivity contribution >= 4 is 17.5 Å². The molecule has 136 valence electrons. The predicted octanol–water partition coefficient (Wildman–Crippen LogP) is 4.20. The molecule has 0 saturated carbocycles. The fourth-order valence-corrected chi connectivity index (χ4v) is 3.34. The third kappa shape index (κ3) is 4.13. The number of fused-ring (bicyclic) bond motifs is 1. The van der Waals surface area contributed by atoms with E-state index in [2.05, 4.69) is 18.3 Å². The largest absolute Gasteiger partial charge is 0.352 e. The number of hydrogen-bond donors (Lipinski definition) is 1. The van der Waals surface area contributed by atoms with Gasteiger partial charge in [0.05, 0.1) is 0 Å². The standard InChI is InChI=1S/C22H26N2O2/c1-2-3-6-15-23-21(25)18-11-13-19(14-12-18)22(26)24-16-7-9-17-8-4-5-10-20(17)24/h4-5,8,10-14H,2-3,6-7,9,15-16H2,1H3,(H,23,25). The fraction of sp³-hybridized carbons (Fsp3) is 0.364. The molecule has 2 aromatic rings. The van der Waals surface area contributed by atoms with Crippen LogP contribution in [0.25, 0.3) is 0 Å². The van der Waals surface area contributed by atoms with Gasteiger partial charge >= 0.3 is 0 Å². The Morgan fingerprint density at radius 3 is 2.50 bits per heavy atom. The van der Waals surface area contributed by atoms with E-state index in [-0.39, 0.29) is 11.8 Å². The van der Waals surface area contributed by atoms with Gasteiger partial charge in [-0.2, -0.15) is 0 Å². The van der Waals surface area contributed by atoms with Crippen LogP contribution in [0.1, 0.15) is 58.9 Å². The molecule has 0 atom stereocenters. The Hall–Kier alpha value is -2.62. The van der Waals surface area contributed by atoms with E-state index in [1.165, 1.54) is 5.56 Å². The quantitative estimate of drug-likeness (QED) is 0.794. The number of rotatable bonds is 6. The van der Waals surface area contributed by atoms with E-state index in [1.54, 1.807) is 24.3 Å². The van der Waals surface area contributed by atoms with Gasteiger partial charge in [-0.3, -0.25) is 9.59 Å². The van der Waals surface area contributed by atoms with Crippen LogP contribution in [0.5, 0.6) is 0 Å². The van der Waals surface area contributed by atoms with Gasteiger partial charge in [0.15, 0.2) is 0 Å². The van der Waals surface area contributed by atoms with Gasteiger partial charge in [-0.15, -0.1) is 0 Å². The lowest BCUT2D eigenvalue weighted by Gasteiger charge is -2.29. The maximum absolute atomic E-state index is 12.9. The van der Waals surface area contributed by atoms with Crippen LogP contribution < -0.4 is 10.2 Å². The van der Waals surface area contributed by atoms with Crippen LogP contribution in [0.15, 0.2) is 48.5 Å². The lowest BCUT2D eigenvalue weighted by molar-refractivity contribution is 0.0949. The summed E-state index contributed by atoms with van der Waals surface area (Å²) >= 11 is 0. The van der Waals surface area contributed by atoms with Crippen molar-refractivity contribution in [3.8, 4) is 0 Å². The van der Waals surface area contributed by atoms with E-state index in [9.17, 15) is 9.59 Å². The minimum atomic E-state index is -0.0802. The molecular formula is C22H26N2O2. The summed E-state index contributed by atoms with van der Waals surface area (Å²) in [5.74, 6) is -0.0875. The van der Waals surface area contributed by atoms with Gasteiger partial charge in [0.2, 0.25) is 0 Å². The number of para-hydroxylation sites is 1. The van der Waals surface area contributed by atoms with E-state index in [0.717, 1.165) is 44.3 Å². The summed E-state index contributed by atoms with van der Waals surface area (Å²) < 4.78 is 0. The Labute approximate surface area is 155 Å². The third-order valence-corrected chi connectivity index (χ3v) is 4.82. The highest BCUT2D eigenvalue weighted by atomic mass is 16.2. The summed E-state index contributed by atoms with van der Waals surface area (Å²) in [6.45, 7) is 3.56. The number of benzene rings is 2. The summed E-state index contributed by atoms with van der Waals surface area (Å²) in [6, 6.07) is 15.0. The Kier molecular flexibility index (Phi) is 6.05. The first-order chi connectivity index (χ1) is 12.7. The maximum Gasteiger partial charge on any atom is 0.258 e. The topological polar surface area (TPSA) is 49.4 Å². The van der Waals surface area contributed by atoms with Gasteiger partial charge < -0.3 is 10.2 Å². The first-order valence-electron chi connectivity index (χ1n) is 9.48. The van der Waals surface area contributed by atoms with Gasteiger partial charge in [-0.05, 0) is 55.2 Å². The zero-order valence-corrected chi connectivity index (χ0v) is 15.3. The number of amides is 2. The molecule has 0 unspecified atom stereocenters. The molecule has 0 radical (unpaired) electrons. The Morgan fingerprint density at radius 2 is 1.73 bits per heavy atom. The molecule has 2 aromatic carbocycles. The summed E-state index contributed by atoms with van der Waals surface area (Å²) in [6.07, 6.45) is 5.22. The van der Waals surface area contributed by atoms with E-state index in [0.29, 0.717) is 17.7 Å². The van der Waals surface area contributed by atoms with E-state index < -0.39 is 0 Å². The number of carbonyl (C=O) groups is 2.